The van der Waals surface area contributed by atoms with Crippen molar-refractivity contribution in [3.05, 3.63) is 105 Å². The molecule has 0 radical (unpaired) electrons. The van der Waals surface area contributed by atoms with E-state index >= 15 is 0 Å². The lowest BCUT2D eigenvalue weighted by Gasteiger charge is -2.09. The van der Waals surface area contributed by atoms with E-state index in [1.165, 1.54) is 18.2 Å². The summed E-state index contributed by atoms with van der Waals surface area (Å²) >= 11 is 0. The van der Waals surface area contributed by atoms with Crippen LogP contribution in [-0.4, -0.2) is 32.3 Å². The maximum atomic E-state index is 13.8. The number of hydrogen-bond acceptors (Lipinski definition) is 4. The Bertz CT molecular complexity index is 1460. The minimum absolute atomic E-state index is 0.224. The van der Waals surface area contributed by atoms with E-state index in [1.807, 2.05) is 37.3 Å². The minimum atomic E-state index is -0.912. The van der Waals surface area contributed by atoms with E-state index < -0.39 is 24.2 Å². The van der Waals surface area contributed by atoms with Crippen molar-refractivity contribution in [2.45, 2.75) is 20.8 Å². The van der Waals surface area contributed by atoms with E-state index in [1.54, 1.807) is 40.9 Å². The average Bonchev–Trinajstić information content (AvgIpc) is 3.23. The Morgan fingerprint density at radius 2 is 1.56 bits per heavy atom. The molecule has 0 amide bonds. The number of hydrogen-bond donors (Lipinski definition) is 0. The average molecular weight is 461 g/mol. The summed E-state index contributed by atoms with van der Waals surface area (Å²) in [5, 5.41) is 0. The molecule has 0 unspecified atom stereocenters. The monoisotopic (exact) mass is 461 g/mol. The minimum Gasteiger partial charge on any atom is -0.454 e. The van der Waals surface area contributed by atoms with Crippen LogP contribution in [0.2, 0.25) is 0 Å². The smallest absolute Gasteiger partial charge is 0.341 e. The molecule has 34 heavy (non-hydrogen) atoms. The van der Waals surface area contributed by atoms with Crippen LogP contribution in [-0.2, 0) is 11.8 Å². The van der Waals surface area contributed by atoms with E-state index in [0.29, 0.717) is 22.6 Å². The zero-order valence-electron chi connectivity index (χ0n) is 19.3. The number of nitrogens with zero attached hydrogens (tertiary/aromatic N) is 3. The maximum absolute atomic E-state index is 13.8. The Kier molecular flexibility index (Phi) is 6.06. The molecule has 0 saturated carbocycles. The summed E-state index contributed by atoms with van der Waals surface area (Å²) in [6, 6.07) is 16.4. The zero-order valence-corrected chi connectivity index (χ0v) is 19.3. The van der Waals surface area contributed by atoms with Crippen molar-refractivity contribution >= 4 is 11.8 Å². The van der Waals surface area contributed by atoms with Crippen molar-refractivity contribution in [1.82, 2.24) is 13.9 Å². The molecule has 2 aromatic heterocycles. The molecule has 0 N–H and O–H groups in total. The summed E-state index contributed by atoms with van der Waals surface area (Å²) in [6.07, 6.45) is 0. The van der Waals surface area contributed by atoms with Crippen molar-refractivity contribution in [2.24, 2.45) is 7.05 Å². The van der Waals surface area contributed by atoms with Crippen LogP contribution in [0.15, 0.2) is 65.5 Å². The van der Waals surface area contributed by atoms with Gasteiger partial charge in [-0.3, -0.25) is 14.3 Å². The fourth-order valence-electron chi connectivity index (χ4n) is 4.11. The van der Waals surface area contributed by atoms with Crippen molar-refractivity contribution in [3.8, 4) is 11.4 Å². The fourth-order valence-corrected chi connectivity index (χ4v) is 4.11. The van der Waals surface area contributed by atoms with Crippen LogP contribution in [0, 0.1) is 26.6 Å². The first kappa shape index (κ1) is 23.0. The number of Topliss-reactive ketones (excluding diaryl/α,β-unsaturated/α-hetero) is 1. The molecule has 8 heteroatoms. The molecule has 0 fully saturated rings. The summed E-state index contributed by atoms with van der Waals surface area (Å²) in [7, 11) is 1.80. The highest BCUT2D eigenvalue weighted by atomic mass is 19.1. The Morgan fingerprint density at radius 1 is 0.912 bits per heavy atom. The quantitative estimate of drug-likeness (QED) is 0.320. The van der Waals surface area contributed by atoms with E-state index in [-0.39, 0.29) is 11.1 Å². The van der Waals surface area contributed by atoms with Gasteiger partial charge in [-0.05, 0) is 51.1 Å². The van der Waals surface area contributed by atoms with Crippen molar-refractivity contribution in [2.75, 3.05) is 6.61 Å². The molecule has 0 aliphatic heterocycles. The van der Waals surface area contributed by atoms with Gasteiger partial charge in [0.2, 0.25) is 5.78 Å². The summed E-state index contributed by atoms with van der Waals surface area (Å²) in [5.74, 6) is -2.07. The fraction of sp³-hybridized carbons (Fsp3) is 0.192. The Balaban J connectivity index is 1.66. The predicted octanol–water partition coefficient (Wildman–Crippen LogP) is 4.07. The van der Waals surface area contributed by atoms with E-state index in [9.17, 15) is 18.8 Å². The molecule has 0 atom stereocenters. The third-order valence-electron chi connectivity index (χ3n) is 5.91. The van der Waals surface area contributed by atoms with Gasteiger partial charge in [-0.1, -0.05) is 30.3 Å². The van der Waals surface area contributed by atoms with E-state index in [2.05, 4.69) is 0 Å². The largest absolute Gasteiger partial charge is 0.454 e. The molecule has 2 heterocycles. The number of rotatable bonds is 6. The number of benzene rings is 2. The molecule has 7 nitrogen and oxygen atoms in total. The van der Waals surface area contributed by atoms with Gasteiger partial charge >= 0.3 is 5.97 Å². The molecule has 4 rings (SSSR count). The summed E-state index contributed by atoms with van der Waals surface area (Å²) in [6.45, 7) is 4.83. The van der Waals surface area contributed by atoms with Gasteiger partial charge in [0.15, 0.2) is 6.61 Å². The molecule has 0 aliphatic carbocycles. The summed E-state index contributed by atoms with van der Waals surface area (Å²) in [4.78, 5) is 38.5. The van der Waals surface area contributed by atoms with Gasteiger partial charge in [-0.15, -0.1) is 0 Å². The van der Waals surface area contributed by atoms with Crippen LogP contribution in [0.1, 0.15) is 37.8 Å². The number of ketones is 1. The standard InChI is InChI=1S/C26H24FN3O4/c1-16-14-21(23(31)15-34-26(33)20-12-8-9-13-22(20)27)17(2)29(16)24-18(3)28(4)30(25(24)32)19-10-6-5-7-11-19/h5-14H,15H2,1-4H3. The zero-order chi connectivity index (χ0) is 24.6. The van der Waals surface area contributed by atoms with Crippen LogP contribution in [0.4, 0.5) is 4.39 Å². The lowest BCUT2D eigenvalue weighted by Crippen LogP contribution is -2.22. The highest BCUT2D eigenvalue weighted by Gasteiger charge is 2.24. The Labute approximate surface area is 195 Å². The van der Waals surface area contributed by atoms with E-state index in [0.717, 1.165) is 17.4 Å². The molecular formula is C26H24FN3O4. The van der Waals surface area contributed by atoms with Gasteiger partial charge in [0.05, 0.1) is 16.9 Å². The molecular weight excluding hydrogens is 437 g/mol. The molecule has 2 aromatic carbocycles. The topological polar surface area (TPSA) is 75.2 Å². The number of ether oxygens (including phenoxy) is 1. The summed E-state index contributed by atoms with van der Waals surface area (Å²) < 4.78 is 23.9. The second-order valence-electron chi connectivity index (χ2n) is 8.01. The number of esters is 1. The van der Waals surface area contributed by atoms with Gasteiger partial charge in [0.25, 0.3) is 5.56 Å². The third-order valence-corrected chi connectivity index (χ3v) is 5.91. The number of carbonyl (C=O) groups is 2. The second kappa shape index (κ2) is 8.97. The van der Waals surface area contributed by atoms with Crippen molar-refractivity contribution < 1.29 is 18.7 Å². The molecule has 0 saturated heterocycles. The van der Waals surface area contributed by atoms with Crippen LogP contribution in [0.3, 0.4) is 0 Å². The maximum Gasteiger partial charge on any atom is 0.341 e. The van der Waals surface area contributed by atoms with Gasteiger partial charge in [-0.2, -0.15) is 0 Å². The van der Waals surface area contributed by atoms with Crippen LogP contribution in [0.5, 0.6) is 0 Å². The third kappa shape index (κ3) is 3.87. The van der Waals surface area contributed by atoms with Crippen LogP contribution < -0.4 is 5.56 Å². The second-order valence-corrected chi connectivity index (χ2v) is 8.01. The van der Waals surface area contributed by atoms with E-state index in [4.69, 9.17) is 4.74 Å². The first-order valence-corrected chi connectivity index (χ1v) is 10.7. The van der Waals surface area contributed by atoms with Crippen molar-refractivity contribution in [1.29, 1.82) is 0 Å². The first-order chi connectivity index (χ1) is 16.2. The van der Waals surface area contributed by atoms with Gasteiger partial charge in [0, 0.05) is 24.0 Å². The number of aryl methyl sites for hydroxylation is 1. The van der Waals surface area contributed by atoms with Gasteiger partial charge in [0.1, 0.15) is 11.5 Å². The van der Waals surface area contributed by atoms with Crippen LogP contribution in [0.25, 0.3) is 11.4 Å². The highest BCUT2D eigenvalue weighted by Crippen LogP contribution is 2.23. The Morgan fingerprint density at radius 3 is 2.24 bits per heavy atom. The Hall–Kier alpha value is -4.20. The predicted molar refractivity (Wildman–Crippen MR) is 126 cm³/mol. The van der Waals surface area contributed by atoms with Crippen molar-refractivity contribution in [3.63, 3.8) is 0 Å². The SMILES string of the molecule is Cc1cc(C(=O)COC(=O)c2ccccc2F)c(C)n1-c1c(C)n(C)n(-c2ccccc2)c1=O. The molecule has 4 aromatic rings. The molecule has 0 bridgehead atoms. The van der Waals surface area contributed by atoms with Gasteiger partial charge < -0.3 is 9.30 Å². The molecule has 0 aliphatic rings. The number of halogens is 1. The first-order valence-electron chi connectivity index (χ1n) is 10.7. The number of para-hydroxylation sites is 1. The lowest BCUT2D eigenvalue weighted by molar-refractivity contribution is 0.0470. The highest BCUT2D eigenvalue weighted by molar-refractivity contribution is 6.00. The van der Waals surface area contributed by atoms with Crippen LogP contribution >= 0.6 is 0 Å². The normalized spacial score (nSPS) is 11.0. The summed E-state index contributed by atoms with van der Waals surface area (Å²) in [5.41, 5.74) is 2.99. The van der Waals surface area contributed by atoms with Gasteiger partial charge in [-0.25, -0.2) is 13.9 Å². The lowest BCUT2D eigenvalue weighted by atomic mass is 10.1. The molecule has 0 spiro atoms. The molecule has 174 valence electrons. The number of aromatic nitrogens is 3. The number of carbonyl (C=O) groups excluding carboxylic acids is 2.